The van der Waals surface area contributed by atoms with Gasteiger partial charge in [-0.3, -0.25) is 9.47 Å². The van der Waals surface area contributed by atoms with Crippen molar-refractivity contribution in [3.63, 3.8) is 0 Å². The van der Waals surface area contributed by atoms with Gasteiger partial charge in [-0.2, -0.15) is 0 Å². The summed E-state index contributed by atoms with van der Waals surface area (Å²) in [6, 6.07) is 7.62. The van der Waals surface area contributed by atoms with E-state index in [4.69, 9.17) is 26.8 Å². The van der Waals surface area contributed by atoms with Gasteiger partial charge < -0.3 is 14.6 Å². The Hall–Kier alpha value is -1.21. The number of nitrogens with zero attached hydrogens (tertiary/aromatic N) is 2. The Bertz CT molecular complexity index is 558. The van der Waals surface area contributed by atoms with Crippen molar-refractivity contribution in [2.75, 3.05) is 26.3 Å². The van der Waals surface area contributed by atoms with Gasteiger partial charge in [-0.05, 0) is 24.4 Å². The van der Waals surface area contributed by atoms with Crippen LogP contribution in [0.5, 0.6) is 0 Å². The summed E-state index contributed by atoms with van der Waals surface area (Å²) in [6.07, 6.45) is 0. The number of oxazole rings is 1. The van der Waals surface area contributed by atoms with Crippen LogP contribution in [0.4, 0.5) is 0 Å². The van der Waals surface area contributed by atoms with Gasteiger partial charge in [0.25, 0.3) is 4.84 Å². The topological polar surface area (TPSA) is 61.8 Å². The van der Waals surface area contributed by atoms with E-state index in [9.17, 15) is 0 Å². The summed E-state index contributed by atoms with van der Waals surface area (Å²) in [6.45, 7) is 1.56. The quantitative estimate of drug-likeness (QED) is 0.771. The zero-order valence-electron chi connectivity index (χ0n) is 9.95. The van der Waals surface area contributed by atoms with E-state index in [0.29, 0.717) is 24.6 Å². The highest BCUT2D eigenvalue weighted by atomic mass is 32.1. The van der Waals surface area contributed by atoms with E-state index in [-0.39, 0.29) is 13.2 Å². The largest absolute Gasteiger partial charge is 0.429 e. The molecule has 0 aliphatic carbocycles. The van der Waals surface area contributed by atoms with Crippen LogP contribution in [0.1, 0.15) is 0 Å². The first-order valence-electron chi connectivity index (χ1n) is 5.78. The van der Waals surface area contributed by atoms with Crippen molar-refractivity contribution >= 4 is 23.3 Å². The molecule has 0 fully saturated rings. The molecule has 0 saturated carbocycles. The Balaban J connectivity index is 2.29. The highest BCUT2D eigenvalue weighted by molar-refractivity contribution is 7.71. The first-order valence-corrected chi connectivity index (χ1v) is 6.19. The summed E-state index contributed by atoms with van der Waals surface area (Å²) in [4.78, 5) is 2.31. The van der Waals surface area contributed by atoms with Crippen molar-refractivity contribution in [1.29, 1.82) is 0 Å². The molecular weight excluding hydrogens is 252 g/mol. The van der Waals surface area contributed by atoms with E-state index in [1.54, 1.807) is 0 Å². The van der Waals surface area contributed by atoms with E-state index in [2.05, 4.69) is 0 Å². The third kappa shape index (κ3) is 2.78. The third-order valence-electron chi connectivity index (χ3n) is 2.75. The Labute approximate surface area is 110 Å². The zero-order valence-corrected chi connectivity index (χ0v) is 10.8. The van der Waals surface area contributed by atoms with Gasteiger partial charge in [0.1, 0.15) is 0 Å². The monoisotopic (exact) mass is 268 g/mol. The number of aliphatic hydroxyl groups is 2. The molecule has 6 heteroatoms. The molecule has 98 valence electrons. The number of hydrogen-bond donors (Lipinski definition) is 2. The number of rotatable bonds is 6. The maximum absolute atomic E-state index is 8.99. The average molecular weight is 268 g/mol. The molecule has 0 saturated heterocycles. The molecule has 0 unspecified atom stereocenters. The van der Waals surface area contributed by atoms with Gasteiger partial charge in [-0.25, -0.2) is 0 Å². The zero-order chi connectivity index (χ0) is 13.0. The minimum Gasteiger partial charge on any atom is -0.429 e. The summed E-state index contributed by atoms with van der Waals surface area (Å²) in [7, 11) is 0. The van der Waals surface area contributed by atoms with E-state index in [1.807, 2.05) is 33.7 Å². The summed E-state index contributed by atoms with van der Waals surface area (Å²) in [5.74, 6) is 0. The molecule has 1 aromatic heterocycles. The van der Waals surface area contributed by atoms with Crippen molar-refractivity contribution in [1.82, 2.24) is 9.47 Å². The lowest BCUT2D eigenvalue weighted by molar-refractivity contribution is 0.133. The maximum atomic E-state index is 8.99. The van der Waals surface area contributed by atoms with E-state index < -0.39 is 0 Å². The van der Waals surface area contributed by atoms with Gasteiger partial charge in [0, 0.05) is 13.1 Å². The van der Waals surface area contributed by atoms with Crippen molar-refractivity contribution < 1.29 is 14.6 Å². The van der Waals surface area contributed by atoms with E-state index in [1.165, 1.54) is 0 Å². The van der Waals surface area contributed by atoms with Gasteiger partial charge in [-0.1, -0.05) is 12.1 Å². The fourth-order valence-corrected chi connectivity index (χ4v) is 2.13. The second-order valence-electron chi connectivity index (χ2n) is 3.97. The molecular formula is C12H16N2O3S. The van der Waals surface area contributed by atoms with Crippen molar-refractivity contribution in [2.45, 2.75) is 6.67 Å². The molecule has 2 N–H and O–H groups in total. The first-order chi connectivity index (χ1) is 8.76. The van der Waals surface area contributed by atoms with Crippen molar-refractivity contribution in [2.24, 2.45) is 0 Å². The van der Waals surface area contributed by atoms with E-state index >= 15 is 0 Å². The number of fused-ring (bicyclic) bond motifs is 1. The first kappa shape index (κ1) is 13.2. The third-order valence-corrected chi connectivity index (χ3v) is 3.05. The number of para-hydroxylation sites is 2. The molecule has 1 heterocycles. The van der Waals surface area contributed by atoms with Crippen LogP contribution in [0.25, 0.3) is 11.1 Å². The van der Waals surface area contributed by atoms with Crippen LogP contribution in [0.15, 0.2) is 28.7 Å². The minimum atomic E-state index is 0.0447. The average Bonchev–Trinajstić information content (AvgIpc) is 2.67. The normalized spacial score (nSPS) is 11.5. The molecule has 0 atom stereocenters. The Kier molecular flexibility index (Phi) is 4.48. The lowest BCUT2D eigenvalue weighted by Crippen LogP contribution is -2.31. The molecule has 5 nitrogen and oxygen atoms in total. The SMILES string of the molecule is OCCN(CCO)Cn1c(=S)oc2ccccc21. The van der Waals surface area contributed by atoms with Gasteiger partial charge in [-0.15, -0.1) is 0 Å². The van der Waals surface area contributed by atoms with Crippen LogP contribution >= 0.6 is 12.2 Å². The smallest absolute Gasteiger partial charge is 0.270 e. The molecule has 2 rings (SSSR count). The van der Waals surface area contributed by atoms with Crippen molar-refractivity contribution in [3.8, 4) is 0 Å². The lowest BCUT2D eigenvalue weighted by Gasteiger charge is -2.20. The lowest BCUT2D eigenvalue weighted by atomic mass is 10.3. The standard InChI is InChI=1S/C12H16N2O3S/c15-7-5-13(6-8-16)9-14-10-3-1-2-4-11(10)17-12(14)18/h1-4,15-16H,5-9H2. The number of aliphatic hydroxyl groups excluding tert-OH is 2. The number of aromatic nitrogens is 1. The maximum Gasteiger partial charge on any atom is 0.270 e. The second-order valence-corrected chi connectivity index (χ2v) is 4.32. The fraction of sp³-hybridized carbons (Fsp3) is 0.417. The van der Waals surface area contributed by atoms with Crippen LogP contribution in [0.3, 0.4) is 0 Å². The van der Waals surface area contributed by atoms with Gasteiger partial charge in [0.15, 0.2) is 5.58 Å². The Morgan fingerprint density at radius 2 is 1.83 bits per heavy atom. The van der Waals surface area contributed by atoms with Gasteiger partial charge in [0.2, 0.25) is 0 Å². The number of benzene rings is 1. The summed E-state index contributed by atoms with van der Waals surface area (Å²) < 4.78 is 7.34. The van der Waals surface area contributed by atoms with Crippen LogP contribution in [-0.2, 0) is 6.67 Å². The van der Waals surface area contributed by atoms with Crippen LogP contribution in [0, 0.1) is 4.84 Å². The number of hydrogen-bond acceptors (Lipinski definition) is 5. The molecule has 0 aliphatic rings. The summed E-state index contributed by atoms with van der Waals surface area (Å²) >= 11 is 5.18. The van der Waals surface area contributed by atoms with Gasteiger partial charge >= 0.3 is 0 Å². The predicted molar refractivity (Wildman–Crippen MR) is 70.8 cm³/mol. The predicted octanol–water partition coefficient (Wildman–Crippen LogP) is 1.21. The molecule has 18 heavy (non-hydrogen) atoms. The van der Waals surface area contributed by atoms with E-state index in [0.717, 1.165) is 11.1 Å². The van der Waals surface area contributed by atoms with Crippen molar-refractivity contribution in [3.05, 3.63) is 29.1 Å². The minimum absolute atomic E-state index is 0.0447. The molecule has 1 aromatic carbocycles. The van der Waals surface area contributed by atoms with Crippen LogP contribution in [-0.4, -0.2) is 46.0 Å². The second kappa shape index (κ2) is 6.10. The molecule has 0 amide bonds. The molecule has 0 bridgehead atoms. The summed E-state index contributed by atoms with van der Waals surface area (Å²) in [5, 5.41) is 18.0. The highest BCUT2D eigenvalue weighted by Crippen LogP contribution is 2.17. The fourth-order valence-electron chi connectivity index (χ4n) is 1.88. The Morgan fingerprint density at radius 1 is 1.17 bits per heavy atom. The van der Waals surface area contributed by atoms with Crippen LogP contribution in [0.2, 0.25) is 0 Å². The summed E-state index contributed by atoms with van der Waals surface area (Å²) in [5.41, 5.74) is 1.67. The Morgan fingerprint density at radius 3 is 2.50 bits per heavy atom. The molecule has 0 radical (unpaired) electrons. The molecule has 2 aromatic rings. The molecule has 0 spiro atoms. The highest BCUT2D eigenvalue weighted by Gasteiger charge is 2.10. The molecule has 0 aliphatic heterocycles. The van der Waals surface area contributed by atoms with Gasteiger partial charge in [0.05, 0.1) is 25.4 Å². The van der Waals surface area contributed by atoms with Crippen LogP contribution < -0.4 is 0 Å².